The van der Waals surface area contributed by atoms with Gasteiger partial charge in [-0.25, -0.2) is 0 Å². The minimum Gasteiger partial charge on any atom is -0.455 e. The second-order valence-corrected chi connectivity index (χ2v) is 7.62. The first kappa shape index (κ1) is 21.0. The van der Waals surface area contributed by atoms with Crippen LogP contribution in [0.1, 0.15) is 12.0 Å². The molecule has 0 bridgehead atoms. The van der Waals surface area contributed by atoms with Gasteiger partial charge in [0.05, 0.1) is 0 Å². The van der Waals surface area contributed by atoms with Crippen molar-refractivity contribution in [3.63, 3.8) is 0 Å². The van der Waals surface area contributed by atoms with E-state index in [1.165, 1.54) is 5.56 Å². The van der Waals surface area contributed by atoms with E-state index in [1.807, 2.05) is 18.2 Å². The smallest absolute Gasteiger partial charge is 0.219 e. The van der Waals surface area contributed by atoms with Crippen molar-refractivity contribution in [2.45, 2.75) is 19.4 Å². The van der Waals surface area contributed by atoms with Gasteiger partial charge in [0.1, 0.15) is 11.2 Å². The van der Waals surface area contributed by atoms with E-state index in [1.54, 1.807) is 0 Å². The molecule has 158 valence electrons. The van der Waals surface area contributed by atoms with Gasteiger partial charge in [-0.2, -0.15) is 0 Å². The molecule has 3 aromatic carbocycles. The number of halogens is 1. The van der Waals surface area contributed by atoms with E-state index < -0.39 is 0 Å². The lowest BCUT2D eigenvalue weighted by atomic mass is 9.99. The summed E-state index contributed by atoms with van der Waals surface area (Å²) in [5.41, 5.74) is 17.4. The molecule has 1 amide bonds. The number of hydrogen-bond acceptors (Lipinski definition) is 3. The summed E-state index contributed by atoms with van der Waals surface area (Å²) in [7, 11) is 0. The Hall–Kier alpha value is -3.28. The van der Waals surface area contributed by atoms with Gasteiger partial charge in [0.25, 0.3) is 0 Å². The van der Waals surface area contributed by atoms with Crippen molar-refractivity contribution in [3.8, 4) is 11.1 Å². The molecule has 0 fully saturated rings. The molecule has 6 heteroatoms. The number of hydrogen-bond donors (Lipinski definition) is 2. The Morgan fingerprint density at radius 3 is 2.58 bits per heavy atom. The van der Waals surface area contributed by atoms with Crippen LogP contribution in [0.4, 0.5) is 0 Å². The van der Waals surface area contributed by atoms with Gasteiger partial charge in [-0.05, 0) is 42.3 Å². The first-order valence-electron chi connectivity index (χ1n) is 10.2. The number of carbonyl (C=O) groups is 1. The van der Waals surface area contributed by atoms with Crippen LogP contribution >= 0.6 is 12.4 Å². The molecule has 2 heterocycles. The van der Waals surface area contributed by atoms with Gasteiger partial charge >= 0.3 is 0 Å². The molecule has 0 aliphatic carbocycles. The summed E-state index contributed by atoms with van der Waals surface area (Å²) >= 11 is 0. The maximum absolute atomic E-state index is 11.3. The van der Waals surface area contributed by atoms with Crippen LogP contribution < -0.4 is 11.5 Å². The molecule has 5 nitrogen and oxygen atoms in total. The number of primary amides is 1. The van der Waals surface area contributed by atoms with Crippen LogP contribution in [0.5, 0.6) is 0 Å². The maximum atomic E-state index is 11.3. The number of aromatic nitrogens is 1. The predicted octanol–water partition coefficient (Wildman–Crippen LogP) is 5.01. The second-order valence-electron chi connectivity index (χ2n) is 7.62. The van der Waals surface area contributed by atoms with Crippen LogP contribution in [0, 0.1) is 0 Å². The Morgan fingerprint density at radius 2 is 1.77 bits per heavy atom. The number of benzene rings is 3. The van der Waals surface area contributed by atoms with Crippen LogP contribution in [0.2, 0.25) is 0 Å². The van der Waals surface area contributed by atoms with Gasteiger partial charge in [0.15, 0.2) is 0 Å². The highest BCUT2D eigenvalue weighted by Gasteiger charge is 2.14. The van der Waals surface area contributed by atoms with E-state index in [-0.39, 0.29) is 18.3 Å². The van der Waals surface area contributed by atoms with Crippen LogP contribution in [0.3, 0.4) is 0 Å². The Labute approximate surface area is 186 Å². The number of aryl methyl sites for hydroxylation is 1. The van der Waals surface area contributed by atoms with E-state index in [0.717, 1.165) is 50.4 Å². The summed E-state index contributed by atoms with van der Waals surface area (Å²) in [5.74, 6) is -0.301. The van der Waals surface area contributed by atoms with Crippen molar-refractivity contribution in [2.24, 2.45) is 11.5 Å². The molecule has 31 heavy (non-hydrogen) atoms. The summed E-state index contributed by atoms with van der Waals surface area (Å²) in [6.07, 6.45) is 3.18. The maximum Gasteiger partial charge on any atom is 0.219 e. The molecule has 0 atom stereocenters. The average Bonchev–Trinajstić information content (AvgIpc) is 3.30. The van der Waals surface area contributed by atoms with E-state index in [4.69, 9.17) is 15.9 Å². The first-order chi connectivity index (χ1) is 14.7. The number of nitrogens with two attached hydrogens (primary N) is 2. The number of furan rings is 1. The lowest BCUT2D eigenvalue weighted by Crippen LogP contribution is -2.13. The predicted molar refractivity (Wildman–Crippen MR) is 128 cm³/mol. The lowest BCUT2D eigenvalue weighted by Gasteiger charge is -2.06. The van der Waals surface area contributed by atoms with E-state index in [9.17, 15) is 4.79 Å². The highest BCUT2D eigenvalue weighted by Crippen LogP contribution is 2.37. The third-order valence-electron chi connectivity index (χ3n) is 5.69. The van der Waals surface area contributed by atoms with Crippen molar-refractivity contribution < 1.29 is 9.21 Å². The van der Waals surface area contributed by atoms with Crippen LogP contribution in [0.25, 0.3) is 44.0 Å². The molecule has 0 saturated carbocycles. The summed E-state index contributed by atoms with van der Waals surface area (Å²) in [5, 5.41) is 3.39. The minimum absolute atomic E-state index is 0. The minimum atomic E-state index is -0.301. The quantitative estimate of drug-likeness (QED) is 0.394. The zero-order valence-corrected chi connectivity index (χ0v) is 17.8. The van der Waals surface area contributed by atoms with Crippen molar-refractivity contribution in [1.82, 2.24) is 4.57 Å². The highest BCUT2D eigenvalue weighted by molar-refractivity contribution is 6.10. The number of rotatable bonds is 6. The molecule has 0 saturated heterocycles. The van der Waals surface area contributed by atoms with Gasteiger partial charge < -0.3 is 20.5 Å². The lowest BCUT2D eigenvalue weighted by molar-refractivity contribution is -0.118. The van der Waals surface area contributed by atoms with Gasteiger partial charge in [-0.3, -0.25) is 4.79 Å². The third-order valence-corrected chi connectivity index (χ3v) is 5.69. The number of amides is 1. The molecule has 0 aliphatic heterocycles. The zero-order valence-electron chi connectivity index (χ0n) is 17.0. The van der Waals surface area contributed by atoms with Gasteiger partial charge in [-0.1, -0.05) is 42.5 Å². The van der Waals surface area contributed by atoms with Crippen LogP contribution in [-0.2, 0) is 17.8 Å². The van der Waals surface area contributed by atoms with Gasteiger partial charge in [0.2, 0.25) is 5.91 Å². The number of carbonyl (C=O) groups excluding carboxylic acids is 1. The summed E-state index contributed by atoms with van der Waals surface area (Å²) in [4.78, 5) is 11.3. The molecule has 0 radical (unpaired) electrons. The molecule has 5 rings (SSSR count). The van der Waals surface area contributed by atoms with Crippen molar-refractivity contribution >= 4 is 51.2 Å². The van der Waals surface area contributed by atoms with Crippen LogP contribution in [-0.4, -0.2) is 17.0 Å². The van der Waals surface area contributed by atoms with Crippen molar-refractivity contribution in [1.29, 1.82) is 0 Å². The third kappa shape index (κ3) is 3.67. The fourth-order valence-corrected chi connectivity index (χ4v) is 4.28. The monoisotopic (exact) mass is 433 g/mol. The highest BCUT2D eigenvalue weighted by atomic mass is 35.5. The Bertz CT molecular complexity index is 1400. The molecule has 0 aliphatic rings. The number of nitrogens with zero attached hydrogens (tertiary/aromatic N) is 1. The Balaban J connectivity index is 0.00000231. The number of para-hydroxylation sites is 2. The van der Waals surface area contributed by atoms with E-state index >= 15 is 0 Å². The fraction of sp³-hybridized carbons (Fsp3) is 0.160. The summed E-state index contributed by atoms with van der Waals surface area (Å²) in [6, 6.07) is 20.8. The zero-order chi connectivity index (χ0) is 20.7. The molecule has 0 spiro atoms. The van der Waals surface area contributed by atoms with Gasteiger partial charge in [-0.15, -0.1) is 12.4 Å². The standard InChI is InChI=1S/C25H23N3O2.ClH/c26-12-10-17-15-28(13-11-24(27)29)22-9-8-16(14-21(17)22)18-5-3-6-20-19-4-1-2-7-23(19)30-25(18)20;/h1-9,14-15H,10-13,26H2,(H2,27,29);1H. The molecule has 5 aromatic rings. The topological polar surface area (TPSA) is 87.2 Å². The van der Waals surface area contributed by atoms with E-state index in [2.05, 4.69) is 53.2 Å². The van der Waals surface area contributed by atoms with Crippen LogP contribution in [0.15, 0.2) is 71.3 Å². The molecular weight excluding hydrogens is 410 g/mol. The summed E-state index contributed by atoms with van der Waals surface area (Å²) in [6.45, 7) is 1.13. The average molecular weight is 434 g/mol. The van der Waals surface area contributed by atoms with E-state index in [0.29, 0.717) is 19.5 Å². The molecular formula is C25H24ClN3O2. The SMILES string of the molecule is Cl.NCCc1cn(CCC(N)=O)c2ccc(-c3cccc4c3oc3ccccc34)cc12. The summed E-state index contributed by atoms with van der Waals surface area (Å²) < 4.78 is 8.32. The Kier molecular flexibility index (Phi) is 5.72. The normalized spacial score (nSPS) is 11.3. The fourth-order valence-electron chi connectivity index (χ4n) is 4.28. The molecule has 2 aromatic heterocycles. The number of fused-ring (bicyclic) bond motifs is 4. The molecule has 0 unspecified atom stereocenters. The van der Waals surface area contributed by atoms with Gasteiger partial charge in [0, 0.05) is 46.4 Å². The van der Waals surface area contributed by atoms with Crippen molar-refractivity contribution in [2.75, 3.05) is 6.54 Å². The second kappa shape index (κ2) is 8.46. The van der Waals surface area contributed by atoms with Crippen molar-refractivity contribution in [3.05, 3.63) is 72.4 Å². The first-order valence-corrected chi connectivity index (χ1v) is 10.2. The largest absolute Gasteiger partial charge is 0.455 e. The Morgan fingerprint density at radius 1 is 0.968 bits per heavy atom. The molecule has 4 N–H and O–H groups in total.